The number of rotatable bonds is 5. The van der Waals surface area contributed by atoms with E-state index in [9.17, 15) is 14.7 Å². The largest absolute Gasteiger partial charge is 0.479 e. The summed E-state index contributed by atoms with van der Waals surface area (Å²) in [6, 6.07) is 7.83. The third-order valence-electron chi connectivity index (χ3n) is 4.37. The van der Waals surface area contributed by atoms with E-state index in [0.29, 0.717) is 5.56 Å². The van der Waals surface area contributed by atoms with Crippen molar-refractivity contribution in [2.75, 3.05) is 13.1 Å². The summed E-state index contributed by atoms with van der Waals surface area (Å²) < 4.78 is 0. The first-order valence-corrected chi connectivity index (χ1v) is 7.38. The zero-order valence-corrected chi connectivity index (χ0v) is 12.3. The number of carbonyl (C=O) groups is 2. The maximum absolute atomic E-state index is 12.6. The van der Waals surface area contributed by atoms with Crippen molar-refractivity contribution in [3.05, 3.63) is 35.9 Å². The van der Waals surface area contributed by atoms with E-state index >= 15 is 0 Å². The van der Waals surface area contributed by atoms with E-state index in [-0.39, 0.29) is 5.91 Å². The molecule has 21 heavy (non-hydrogen) atoms. The van der Waals surface area contributed by atoms with Crippen LogP contribution in [-0.2, 0) is 9.59 Å². The van der Waals surface area contributed by atoms with Crippen LogP contribution < -0.4 is 10.6 Å². The molecule has 1 fully saturated rings. The van der Waals surface area contributed by atoms with Crippen LogP contribution in [0.3, 0.4) is 0 Å². The van der Waals surface area contributed by atoms with Crippen LogP contribution in [0.5, 0.6) is 0 Å². The quantitative estimate of drug-likeness (QED) is 0.771. The molecular weight excluding hydrogens is 268 g/mol. The fourth-order valence-corrected chi connectivity index (χ4v) is 2.86. The Labute approximate surface area is 124 Å². The molecule has 1 aliphatic heterocycles. The Hall–Kier alpha value is -1.88. The van der Waals surface area contributed by atoms with E-state index in [4.69, 9.17) is 0 Å². The van der Waals surface area contributed by atoms with Gasteiger partial charge in [0.25, 0.3) is 0 Å². The molecule has 114 valence electrons. The van der Waals surface area contributed by atoms with Crippen LogP contribution in [0, 0.1) is 5.41 Å². The number of carbonyl (C=O) groups excluding carboxylic acids is 1. The zero-order chi connectivity index (χ0) is 15.3. The lowest BCUT2D eigenvalue weighted by Crippen LogP contribution is -2.49. The number of hydrogen-bond acceptors (Lipinski definition) is 3. The molecule has 1 atom stereocenters. The van der Waals surface area contributed by atoms with Crippen LogP contribution in [0.15, 0.2) is 30.3 Å². The highest BCUT2D eigenvalue weighted by atomic mass is 16.4. The predicted octanol–water partition coefficient (Wildman–Crippen LogP) is 1.71. The van der Waals surface area contributed by atoms with Gasteiger partial charge in [0.15, 0.2) is 6.04 Å². The molecule has 1 aromatic carbocycles. The SMILES string of the molecule is CCC1(C(=O)N[C@@H](C(=O)O)c2ccccc2)CCNCC1. The minimum absolute atomic E-state index is 0.150. The number of benzene rings is 1. The monoisotopic (exact) mass is 290 g/mol. The Morgan fingerprint density at radius 3 is 2.43 bits per heavy atom. The van der Waals surface area contributed by atoms with Crippen LogP contribution in [-0.4, -0.2) is 30.1 Å². The summed E-state index contributed by atoms with van der Waals surface area (Å²) in [5.41, 5.74) is 0.145. The summed E-state index contributed by atoms with van der Waals surface area (Å²) in [6.45, 7) is 3.58. The lowest BCUT2D eigenvalue weighted by molar-refractivity contribution is -0.144. The van der Waals surface area contributed by atoms with Gasteiger partial charge in [0.1, 0.15) is 0 Å². The third-order valence-corrected chi connectivity index (χ3v) is 4.37. The molecule has 5 heteroatoms. The number of piperidine rings is 1. The highest BCUT2D eigenvalue weighted by molar-refractivity contribution is 5.88. The van der Waals surface area contributed by atoms with Crippen LogP contribution in [0.4, 0.5) is 0 Å². The number of amides is 1. The highest BCUT2D eigenvalue weighted by Crippen LogP contribution is 2.33. The standard InChI is InChI=1S/C16H22N2O3/c1-2-16(8-10-17-11-9-16)15(21)18-13(14(19)20)12-6-4-3-5-7-12/h3-7,13,17H,2,8-11H2,1H3,(H,18,21)(H,19,20)/t13-/m1/s1. The molecule has 0 aliphatic carbocycles. The molecule has 1 amide bonds. The Bertz CT molecular complexity index is 496. The summed E-state index contributed by atoms with van der Waals surface area (Å²) >= 11 is 0. The molecule has 1 aliphatic rings. The van der Waals surface area contributed by atoms with E-state index in [1.54, 1.807) is 24.3 Å². The van der Waals surface area contributed by atoms with Crippen molar-refractivity contribution in [1.82, 2.24) is 10.6 Å². The molecule has 0 spiro atoms. The van der Waals surface area contributed by atoms with Crippen molar-refractivity contribution in [2.45, 2.75) is 32.2 Å². The van der Waals surface area contributed by atoms with Gasteiger partial charge in [-0.25, -0.2) is 4.79 Å². The second-order valence-corrected chi connectivity index (χ2v) is 5.54. The Kier molecular flexibility index (Phi) is 4.96. The van der Waals surface area contributed by atoms with Crippen molar-refractivity contribution in [2.24, 2.45) is 5.41 Å². The smallest absolute Gasteiger partial charge is 0.330 e. The average molecular weight is 290 g/mol. The van der Waals surface area contributed by atoms with Crippen molar-refractivity contribution in [1.29, 1.82) is 0 Å². The first-order valence-electron chi connectivity index (χ1n) is 7.38. The zero-order valence-electron chi connectivity index (χ0n) is 12.3. The molecule has 1 aromatic rings. The molecule has 5 nitrogen and oxygen atoms in total. The molecule has 1 saturated heterocycles. The van der Waals surface area contributed by atoms with E-state index in [2.05, 4.69) is 10.6 Å². The van der Waals surface area contributed by atoms with Gasteiger partial charge in [0.05, 0.1) is 5.41 Å². The molecule has 0 aromatic heterocycles. The molecule has 0 bridgehead atoms. The lowest BCUT2D eigenvalue weighted by atomic mass is 9.75. The van der Waals surface area contributed by atoms with Crippen LogP contribution in [0.2, 0.25) is 0 Å². The topological polar surface area (TPSA) is 78.4 Å². The van der Waals surface area contributed by atoms with Crippen molar-refractivity contribution >= 4 is 11.9 Å². The molecule has 1 heterocycles. The average Bonchev–Trinajstić information content (AvgIpc) is 2.53. The molecule has 0 saturated carbocycles. The summed E-state index contributed by atoms with van der Waals surface area (Å²) in [4.78, 5) is 24.1. The van der Waals surface area contributed by atoms with E-state index in [1.807, 2.05) is 13.0 Å². The highest BCUT2D eigenvalue weighted by Gasteiger charge is 2.39. The fourth-order valence-electron chi connectivity index (χ4n) is 2.86. The van der Waals surface area contributed by atoms with Gasteiger partial charge in [-0.1, -0.05) is 37.3 Å². The summed E-state index contributed by atoms with van der Waals surface area (Å²) in [5.74, 6) is -1.18. The maximum Gasteiger partial charge on any atom is 0.330 e. The summed E-state index contributed by atoms with van der Waals surface area (Å²) in [5, 5.41) is 15.4. The lowest BCUT2D eigenvalue weighted by Gasteiger charge is -2.36. The van der Waals surface area contributed by atoms with Gasteiger partial charge in [0.2, 0.25) is 5.91 Å². The first-order chi connectivity index (χ1) is 10.1. The number of hydrogen-bond donors (Lipinski definition) is 3. The molecule has 3 N–H and O–H groups in total. The van der Waals surface area contributed by atoms with Crippen molar-refractivity contribution < 1.29 is 14.7 Å². The molecule has 2 rings (SSSR count). The Balaban J connectivity index is 2.16. The maximum atomic E-state index is 12.6. The fraction of sp³-hybridized carbons (Fsp3) is 0.500. The number of carboxylic acid groups (broad SMARTS) is 1. The van der Waals surface area contributed by atoms with Crippen LogP contribution in [0.1, 0.15) is 37.8 Å². The van der Waals surface area contributed by atoms with Crippen molar-refractivity contribution in [3.63, 3.8) is 0 Å². The second kappa shape index (κ2) is 6.72. The minimum Gasteiger partial charge on any atom is -0.479 e. The summed E-state index contributed by atoms with van der Waals surface area (Å²) in [7, 11) is 0. The van der Waals surface area contributed by atoms with Crippen LogP contribution >= 0.6 is 0 Å². The normalized spacial score (nSPS) is 18.7. The van der Waals surface area contributed by atoms with Gasteiger partial charge in [-0.05, 0) is 37.9 Å². The Morgan fingerprint density at radius 1 is 1.29 bits per heavy atom. The van der Waals surface area contributed by atoms with Gasteiger partial charge >= 0.3 is 5.97 Å². The number of aliphatic carboxylic acids is 1. The van der Waals surface area contributed by atoms with Gasteiger partial charge in [0, 0.05) is 0 Å². The Morgan fingerprint density at radius 2 is 1.90 bits per heavy atom. The van der Waals surface area contributed by atoms with Gasteiger partial charge in [-0.15, -0.1) is 0 Å². The molecular formula is C16H22N2O3. The number of carboxylic acids is 1. The second-order valence-electron chi connectivity index (χ2n) is 5.54. The van der Waals surface area contributed by atoms with Crippen molar-refractivity contribution in [3.8, 4) is 0 Å². The van der Waals surface area contributed by atoms with E-state index in [1.165, 1.54) is 0 Å². The molecule has 0 unspecified atom stereocenters. The van der Waals surface area contributed by atoms with E-state index in [0.717, 1.165) is 32.4 Å². The third kappa shape index (κ3) is 3.42. The minimum atomic E-state index is -1.03. The first kappa shape index (κ1) is 15.5. The number of nitrogens with one attached hydrogen (secondary N) is 2. The van der Waals surface area contributed by atoms with Gasteiger partial charge in [-0.2, -0.15) is 0 Å². The van der Waals surface area contributed by atoms with Gasteiger partial charge < -0.3 is 15.7 Å². The molecule has 0 radical (unpaired) electrons. The predicted molar refractivity (Wildman–Crippen MR) is 79.8 cm³/mol. The van der Waals surface area contributed by atoms with Crippen LogP contribution in [0.25, 0.3) is 0 Å². The van der Waals surface area contributed by atoms with E-state index < -0.39 is 17.4 Å². The summed E-state index contributed by atoms with van der Waals surface area (Å²) in [6.07, 6.45) is 2.22. The van der Waals surface area contributed by atoms with Gasteiger partial charge in [-0.3, -0.25) is 4.79 Å².